The molecule has 1 atom stereocenters. The second-order valence-electron chi connectivity index (χ2n) is 5.25. The maximum absolute atomic E-state index is 12.3. The number of carbonyl (C=O) groups excluding carboxylic acids is 1. The van der Waals surface area contributed by atoms with Crippen LogP contribution in [0.25, 0.3) is 6.08 Å². The Morgan fingerprint density at radius 3 is 2.62 bits per heavy atom. The number of benzene rings is 1. The summed E-state index contributed by atoms with van der Waals surface area (Å²) in [6, 6.07) is 5.08. The highest BCUT2D eigenvalue weighted by molar-refractivity contribution is 6.34. The first kappa shape index (κ1) is 16.3. The van der Waals surface area contributed by atoms with E-state index in [1.807, 2.05) is 0 Å². The molecule has 1 aromatic rings. The molecule has 0 aromatic heterocycles. The first-order valence-electron chi connectivity index (χ1n) is 7.16. The first-order chi connectivity index (χ1) is 10.1. The lowest BCUT2D eigenvalue weighted by molar-refractivity contribution is -0.129. The van der Waals surface area contributed by atoms with Crippen molar-refractivity contribution in [3.05, 3.63) is 39.9 Å². The van der Waals surface area contributed by atoms with Gasteiger partial charge in [0, 0.05) is 22.7 Å². The molecule has 114 valence electrons. The highest BCUT2D eigenvalue weighted by Crippen LogP contribution is 2.21. The van der Waals surface area contributed by atoms with Gasteiger partial charge in [0.15, 0.2) is 0 Å². The van der Waals surface area contributed by atoms with Gasteiger partial charge in [0.05, 0.1) is 12.6 Å². The van der Waals surface area contributed by atoms with Gasteiger partial charge in [-0.05, 0) is 42.7 Å². The van der Waals surface area contributed by atoms with Crippen molar-refractivity contribution in [1.29, 1.82) is 0 Å². The molecule has 0 saturated carbocycles. The summed E-state index contributed by atoms with van der Waals surface area (Å²) >= 11 is 11.9. The lowest BCUT2D eigenvalue weighted by Crippen LogP contribution is -2.41. The van der Waals surface area contributed by atoms with E-state index in [0.717, 1.165) is 31.2 Å². The molecule has 1 aromatic carbocycles. The summed E-state index contributed by atoms with van der Waals surface area (Å²) in [5.41, 5.74) is 0.788. The lowest BCUT2D eigenvalue weighted by atomic mass is 10.1. The van der Waals surface area contributed by atoms with Crippen molar-refractivity contribution in [2.24, 2.45) is 0 Å². The third-order valence-electron chi connectivity index (χ3n) is 3.67. The normalized spacial score (nSPS) is 19.8. The van der Waals surface area contributed by atoms with E-state index in [1.54, 1.807) is 29.2 Å². The molecule has 5 heteroatoms. The van der Waals surface area contributed by atoms with E-state index in [4.69, 9.17) is 23.2 Å². The van der Waals surface area contributed by atoms with E-state index < -0.39 is 0 Å². The maximum Gasteiger partial charge on any atom is 0.246 e. The Hall–Kier alpha value is -1.03. The number of aliphatic hydroxyl groups is 1. The van der Waals surface area contributed by atoms with Crippen molar-refractivity contribution in [2.45, 2.75) is 31.7 Å². The zero-order valence-electron chi connectivity index (χ0n) is 11.8. The van der Waals surface area contributed by atoms with E-state index in [0.29, 0.717) is 16.6 Å². The summed E-state index contributed by atoms with van der Waals surface area (Å²) in [6.45, 7) is 0.716. The Morgan fingerprint density at radius 2 is 1.95 bits per heavy atom. The van der Waals surface area contributed by atoms with Gasteiger partial charge in [0.1, 0.15) is 0 Å². The molecule has 0 aliphatic carbocycles. The van der Waals surface area contributed by atoms with E-state index in [1.165, 1.54) is 6.08 Å². The number of rotatable bonds is 3. The van der Waals surface area contributed by atoms with Crippen LogP contribution in [-0.4, -0.2) is 35.1 Å². The predicted octanol–water partition coefficient (Wildman–Crippen LogP) is 3.77. The number of nitrogens with zero attached hydrogens (tertiary/aromatic N) is 1. The second-order valence-corrected chi connectivity index (χ2v) is 6.13. The topological polar surface area (TPSA) is 40.5 Å². The minimum atomic E-state index is -0.0768. The Bertz CT molecular complexity index is 511. The van der Waals surface area contributed by atoms with Gasteiger partial charge >= 0.3 is 0 Å². The lowest BCUT2D eigenvalue weighted by Gasteiger charge is -2.27. The highest BCUT2D eigenvalue weighted by Gasteiger charge is 2.23. The smallest absolute Gasteiger partial charge is 0.246 e. The van der Waals surface area contributed by atoms with Crippen LogP contribution in [0.5, 0.6) is 0 Å². The fourth-order valence-electron chi connectivity index (χ4n) is 2.59. The molecule has 0 bridgehead atoms. The molecule has 1 unspecified atom stereocenters. The van der Waals surface area contributed by atoms with E-state index in [2.05, 4.69) is 0 Å². The van der Waals surface area contributed by atoms with Gasteiger partial charge in [-0.1, -0.05) is 36.0 Å². The maximum atomic E-state index is 12.3. The molecule has 1 amide bonds. The van der Waals surface area contributed by atoms with Crippen molar-refractivity contribution in [3.63, 3.8) is 0 Å². The van der Waals surface area contributed by atoms with Crippen LogP contribution in [0.3, 0.4) is 0 Å². The fraction of sp³-hybridized carbons (Fsp3) is 0.438. The zero-order valence-corrected chi connectivity index (χ0v) is 13.3. The quantitative estimate of drug-likeness (QED) is 0.858. The first-order valence-corrected chi connectivity index (χ1v) is 7.91. The summed E-state index contributed by atoms with van der Waals surface area (Å²) in [7, 11) is 0. The standard InChI is InChI=1S/C16H19Cl2NO2/c17-13-8-12(9-14(18)10-13)5-6-16(21)19-7-3-1-2-4-15(19)11-20/h5-6,8-10,15,20H,1-4,7,11H2/b6-5+. The third kappa shape index (κ3) is 4.73. The number of amides is 1. The van der Waals surface area contributed by atoms with Crippen molar-refractivity contribution in [3.8, 4) is 0 Å². The predicted molar refractivity (Wildman–Crippen MR) is 86.6 cm³/mol. The van der Waals surface area contributed by atoms with Gasteiger partial charge in [-0.2, -0.15) is 0 Å². The molecule has 0 radical (unpaired) electrons. The van der Waals surface area contributed by atoms with Gasteiger partial charge in [-0.15, -0.1) is 0 Å². The average molecular weight is 328 g/mol. The SMILES string of the molecule is O=C(/C=C/c1cc(Cl)cc(Cl)c1)N1CCCCCC1CO. The molecular formula is C16H19Cl2NO2. The van der Waals surface area contributed by atoms with Crippen molar-refractivity contribution in [2.75, 3.05) is 13.2 Å². The van der Waals surface area contributed by atoms with Crippen LogP contribution in [0.2, 0.25) is 10.0 Å². The molecule has 1 heterocycles. The van der Waals surface area contributed by atoms with E-state index >= 15 is 0 Å². The molecule has 0 spiro atoms. The van der Waals surface area contributed by atoms with Gasteiger partial charge in [0.2, 0.25) is 5.91 Å². The molecule has 1 N–H and O–H groups in total. The Balaban J connectivity index is 2.09. The van der Waals surface area contributed by atoms with Gasteiger partial charge < -0.3 is 10.0 Å². The largest absolute Gasteiger partial charge is 0.394 e. The number of carbonyl (C=O) groups is 1. The minimum absolute atomic E-state index is 0.0164. The highest BCUT2D eigenvalue weighted by atomic mass is 35.5. The monoisotopic (exact) mass is 327 g/mol. The number of likely N-dealkylation sites (tertiary alicyclic amines) is 1. The van der Waals surface area contributed by atoms with Crippen LogP contribution in [0.15, 0.2) is 24.3 Å². The third-order valence-corrected chi connectivity index (χ3v) is 4.11. The van der Waals surface area contributed by atoms with Crippen LogP contribution in [-0.2, 0) is 4.79 Å². The van der Waals surface area contributed by atoms with E-state index in [9.17, 15) is 9.90 Å². The van der Waals surface area contributed by atoms with Crippen LogP contribution in [0.4, 0.5) is 0 Å². The van der Waals surface area contributed by atoms with Crippen molar-refractivity contribution >= 4 is 35.2 Å². The zero-order chi connectivity index (χ0) is 15.2. The number of hydrogen-bond donors (Lipinski definition) is 1. The van der Waals surface area contributed by atoms with Gasteiger partial charge in [-0.3, -0.25) is 4.79 Å². The molecule has 21 heavy (non-hydrogen) atoms. The van der Waals surface area contributed by atoms with Gasteiger partial charge in [0.25, 0.3) is 0 Å². The molecule has 1 fully saturated rings. The molecular weight excluding hydrogens is 309 g/mol. The molecule has 2 rings (SSSR count). The Kier molecular flexibility index (Phi) is 6.09. The molecule has 3 nitrogen and oxygen atoms in total. The van der Waals surface area contributed by atoms with E-state index in [-0.39, 0.29) is 18.6 Å². The fourth-order valence-corrected chi connectivity index (χ4v) is 3.13. The van der Waals surface area contributed by atoms with Crippen molar-refractivity contribution in [1.82, 2.24) is 4.90 Å². The summed E-state index contributed by atoms with van der Waals surface area (Å²) in [6.07, 6.45) is 7.24. The molecule has 1 saturated heterocycles. The van der Waals surface area contributed by atoms with Gasteiger partial charge in [-0.25, -0.2) is 0 Å². The molecule has 1 aliphatic heterocycles. The molecule has 1 aliphatic rings. The van der Waals surface area contributed by atoms with Crippen LogP contribution < -0.4 is 0 Å². The number of hydrogen-bond acceptors (Lipinski definition) is 2. The minimum Gasteiger partial charge on any atom is -0.394 e. The summed E-state index contributed by atoms with van der Waals surface area (Å²) in [4.78, 5) is 14.1. The summed E-state index contributed by atoms with van der Waals surface area (Å²) < 4.78 is 0. The average Bonchev–Trinajstić information content (AvgIpc) is 2.69. The number of halogens is 2. The number of aliphatic hydroxyl groups excluding tert-OH is 1. The second kappa shape index (κ2) is 7.83. The summed E-state index contributed by atoms with van der Waals surface area (Å²) in [5, 5.41) is 10.5. The van der Waals surface area contributed by atoms with Crippen LogP contribution in [0.1, 0.15) is 31.2 Å². The Morgan fingerprint density at radius 1 is 1.24 bits per heavy atom. The summed E-state index contributed by atoms with van der Waals surface area (Å²) in [5.74, 6) is -0.0768. The van der Waals surface area contributed by atoms with Crippen LogP contribution in [0, 0.1) is 0 Å². The van der Waals surface area contributed by atoms with Crippen LogP contribution >= 0.6 is 23.2 Å². The Labute approximate surface area is 135 Å². The van der Waals surface area contributed by atoms with Crippen molar-refractivity contribution < 1.29 is 9.90 Å².